The molecule has 0 bridgehead atoms. The van der Waals surface area contributed by atoms with Crippen molar-refractivity contribution >= 4 is 41.2 Å². The van der Waals surface area contributed by atoms with Gasteiger partial charge in [0.2, 0.25) is 0 Å². The Bertz CT molecular complexity index is 1060. The van der Waals surface area contributed by atoms with Gasteiger partial charge in [-0.2, -0.15) is 0 Å². The molecule has 1 heterocycles. The van der Waals surface area contributed by atoms with Crippen molar-refractivity contribution in [3.63, 3.8) is 0 Å². The minimum atomic E-state index is -0.0700. The van der Waals surface area contributed by atoms with E-state index < -0.39 is 0 Å². The minimum absolute atomic E-state index is 0.000590. The summed E-state index contributed by atoms with van der Waals surface area (Å²) in [6.45, 7) is 5.81. The number of rotatable bonds is 9. The van der Waals surface area contributed by atoms with Gasteiger partial charge in [-0.15, -0.1) is 5.10 Å². The molecule has 5 nitrogen and oxygen atoms in total. The summed E-state index contributed by atoms with van der Waals surface area (Å²) in [5.41, 5.74) is 2.74. The standard InChI is InChI=1S/C23H28N4OS3/c1-23(2,16-26(3)4)15-24-20(28)18-10-12-19(13-11-18)27-22(29)31-21(25-27)30-14-17-8-6-5-7-9-17/h5-13H,14-16H2,1-4H3,(H,24,28). The van der Waals surface area contributed by atoms with E-state index in [4.69, 9.17) is 12.2 Å². The average Bonchev–Trinajstić information content (AvgIpc) is 3.11. The third kappa shape index (κ3) is 7.00. The lowest BCUT2D eigenvalue weighted by Crippen LogP contribution is -2.39. The average molecular weight is 473 g/mol. The van der Waals surface area contributed by atoms with Gasteiger partial charge in [0.05, 0.1) is 5.69 Å². The maximum Gasteiger partial charge on any atom is 0.251 e. The van der Waals surface area contributed by atoms with Gasteiger partial charge in [-0.05, 0) is 61.6 Å². The van der Waals surface area contributed by atoms with Crippen LogP contribution >= 0.6 is 35.3 Å². The van der Waals surface area contributed by atoms with Crippen molar-refractivity contribution in [1.29, 1.82) is 0 Å². The molecule has 0 saturated heterocycles. The van der Waals surface area contributed by atoms with Crippen LogP contribution in [0.15, 0.2) is 58.9 Å². The van der Waals surface area contributed by atoms with Gasteiger partial charge in [-0.25, -0.2) is 4.68 Å². The lowest BCUT2D eigenvalue weighted by Gasteiger charge is -2.28. The number of aromatic nitrogens is 2. The summed E-state index contributed by atoms with van der Waals surface area (Å²) in [5, 5.41) is 7.70. The molecule has 0 aliphatic carbocycles. The number of hydrogen-bond acceptors (Lipinski definition) is 6. The topological polar surface area (TPSA) is 50.2 Å². The molecule has 0 radical (unpaired) electrons. The highest BCUT2D eigenvalue weighted by molar-refractivity contribution is 8.00. The second-order valence-electron chi connectivity index (χ2n) is 8.45. The summed E-state index contributed by atoms with van der Waals surface area (Å²) in [7, 11) is 4.08. The molecular formula is C23H28N4OS3. The quantitative estimate of drug-likeness (QED) is 0.339. The van der Waals surface area contributed by atoms with Crippen LogP contribution in [0.4, 0.5) is 0 Å². The zero-order valence-corrected chi connectivity index (χ0v) is 20.7. The third-order valence-electron chi connectivity index (χ3n) is 4.58. The number of nitrogens with one attached hydrogen (secondary N) is 1. The van der Waals surface area contributed by atoms with Crippen molar-refractivity contribution in [2.24, 2.45) is 5.41 Å². The first-order chi connectivity index (χ1) is 14.7. The first-order valence-electron chi connectivity index (χ1n) is 10.0. The van der Waals surface area contributed by atoms with Crippen molar-refractivity contribution in [2.45, 2.75) is 23.9 Å². The summed E-state index contributed by atoms with van der Waals surface area (Å²) in [6, 6.07) is 17.7. The smallest absolute Gasteiger partial charge is 0.251 e. The number of hydrogen-bond donors (Lipinski definition) is 1. The zero-order chi connectivity index (χ0) is 22.4. The highest BCUT2D eigenvalue weighted by Crippen LogP contribution is 2.27. The summed E-state index contributed by atoms with van der Waals surface area (Å²) < 4.78 is 3.38. The van der Waals surface area contributed by atoms with Crippen LogP contribution in [0, 0.1) is 9.37 Å². The zero-order valence-electron chi connectivity index (χ0n) is 18.3. The van der Waals surface area contributed by atoms with Gasteiger partial charge in [-0.1, -0.05) is 67.3 Å². The second-order valence-corrected chi connectivity index (χ2v) is 11.3. The molecule has 1 amide bonds. The third-order valence-corrected chi connectivity index (χ3v) is 7.02. The van der Waals surface area contributed by atoms with E-state index in [1.165, 1.54) is 16.9 Å². The summed E-state index contributed by atoms with van der Waals surface area (Å²) >= 11 is 8.69. The summed E-state index contributed by atoms with van der Waals surface area (Å²) in [6.07, 6.45) is 0. The fourth-order valence-electron chi connectivity index (χ4n) is 3.29. The Labute approximate surface area is 197 Å². The van der Waals surface area contributed by atoms with Gasteiger partial charge >= 0.3 is 0 Å². The molecule has 0 unspecified atom stereocenters. The Kier molecular flexibility index (Phi) is 8.05. The molecule has 0 atom stereocenters. The molecule has 2 aromatic carbocycles. The molecule has 0 aliphatic heterocycles. The van der Waals surface area contributed by atoms with Crippen LogP contribution in [-0.4, -0.2) is 47.8 Å². The number of nitrogens with zero attached hydrogens (tertiary/aromatic N) is 3. The molecular weight excluding hydrogens is 444 g/mol. The van der Waals surface area contributed by atoms with Gasteiger partial charge in [0.25, 0.3) is 5.91 Å². The maximum atomic E-state index is 12.5. The van der Waals surface area contributed by atoms with Crippen LogP contribution in [-0.2, 0) is 5.75 Å². The molecule has 3 rings (SSSR count). The normalized spacial score (nSPS) is 11.6. The van der Waals surface area contributed by atoms with Crippen molar-refractivity contribution in [3.05, 3.63) is 69.7 Å². The molecule has 164 valence electrons. The SMILES string of the molecule is CN(C)CC(C)(C)CNC(=O)c1ccc(-n2nc(SCc3ccccc3)sc2=S)cc1. The van der Waals surface area contributed by atoms with Gasteiger partial charge in [0, 0.05) is 24.4 Å². The number of thioether (sulfide) groups is 1. The van der Waals surface area contributed by atoms with Crippen LogP contribution in [0.25, 0.3) is 5.69 Å². The van der Waals surface area contributed by atoms with E-state index in [1.54, 1.807) is 16.4 Å². The Morgan fingerprint density at radius 2 is 1.84 bits per heavy atom. The first kappa shape index (κ1) is 23.7. The van der Waals surface area contributed by atoms with E-state index in [1.807, 2.05) is 56.6 Å². The highest BCUT2D eigenvalue weighted by atomic mass is 32.2. The highest BCUT2D eigenvalue weighted by Gasteiger charge is 2.20. The first-order valence-corrected chi connectivity index (χ1v) is 12.2. The van der Waals surface area contributed by atoms with E-state index in [9.17, 15) is 4.79 Å². The van der Waals surface area contributed by atoms with Crippen LogP contribution < -0.4 is 5.32 Å². The lowest BCUT2D eigenvalue weighted by atomic mass is 9.93. The number of benzene rings is 2. The molecule has 0 saturated carbocycles. The van der Waals surface area contributed by atoms with E-state index >= 15 is 0 Å². The van der Waals surface area contributed by atoms with Crippen molar-refractivity contribution in [3.8, 4) is 5.69 Å². The Morgan fingerprint density at radius 3 is 2.48 bits per heavy atom. The number of carbonyl (C=O) groups excluding carboxylic acids is 1. The van der Waals surface area contributed by atoms with Crippen molar-refractivity contribution < 1.29 is 4.79 Å². The predicted octanol–water partition coefficient (Wildman–Crippen LogP) is 5.27. The molecule has 0 fully saturated rings. The fourth-order valence-corrected chi connectivity index (χ4v) is 5.61. The Morgan fingerprint density at radius 1 is 1.16 bits per heavy atom. The van der Waals surface area contributed by atoms with Crippen LogP contribution in [0.1, 0.15) is 29.8 Å². The molecule has 0 aliphatic rings. The predicted molar refractivity (Wildman–Crippen MR) is 133 cm³/mol. The minimum Gasteiger partial charge on any atom is -0.351 e. The Hall–Kier alpha value is -2.00. The van der Waals surface area contributed by atoms with Gasteiger partial charge in [0.1, 0.15) is 0 Å². The molecule has 3 aromatic rings. The van der Waals surface area contributed by atoms with Crippen molar-refractivity contribution in [1.82, 2.24) is 20.0 Å². The molecule has 31 heavy (non-hydrogen) atoms. The molecule has 1 N–H and O–H groups in total. The van der Waals surface area contributed by atoms with E-state index in [-0.39, 0.29) is 11.3 Å². The summed E-state index contributed by atoms with van der Waals surface area (Å²) in [4.78, 5) is 14.7. The molecule has 1 aromatic heterocycles. The maximum absolute atomic E-state index is 12.5. The second kappa shape index (κ2) is 10.5. The largest absolute Gasteiger partial charge is 0.351 e. The van der Waals surface area contributed by atoms with Crippen LogP contribution in [0.2, 0.25) is 0 Å². The molecule has 8 heteroatoms. The van der Waals surface area contributed by atoms with E-state index in [2.05, 4.69) is 41.3 Å². The van der Waals surface area contributed by atoms with Crippen molar-refractivity contribution in [2.75, 3.05) is 27.2 Å². The fraction of sp³-hybridized carbons (Fsp3) is 0.348. The van der Waals surface area contributed by atoms with Gasteiger partial charge in [0.15, 0.2) is 8.29 Å². The van der Waals surface area contributed by atoms with Crippen LogP contribution in [0.5, 0.6) is 0 Å². The Balaban J connectivity index is 1.62. The monoisotopic (exact) mass is 472 g/mol. The van der Waals surface area contributed by atoms with E-state index in [0.29, 0.717) is 16.1 Å². The number of amides is 1. The van der Waals surface area contributed by atoms with E-state index in [0.717, 1.165) is 22.3 Å². The molecule has 0 spiro atoms. The summed E-state index contributed by atoms with van der Waals surface area (Å²) in [5.74, 6) is 0.784. The van der Waals surface area contributed by atoms with Gasteiger partial charge < -0.3 is 10.2 Å². The van der Waals surface area contributed by atoms with Crippen LogP contribution in [0.3, 0.4) is 0 Å². The number of carbonyl (C=O) groups is 1. The lowest BCUT2D eigenvalue weighted by molar-refractivity contribution is 0.0929. The van der Waals surface area contributed by atoms with Gasteiger partial charge in [-0.3, -0.25) is 4.79 Å².